The predicted molar refractivity (Wildman–Crippen MR) is 93.4 cm³/mol. The summed E-state index contributed by atoms with van der Waals surface area (Å²) < 4.78 is 13.0. The lowest BCUT2D eigenvalue weighted by molar-refractivity contribution is -0.120. The lowest BCUT2D eigenvalue weighted by Gasteiger charge is -1.97. The molecule has 0 saturated heterocycles. The van der Waals surface area contributed by atoms with Gasteiger partial charge in [-0.15, -0.1) is 11.3 Å². The Labute approximate surface area is 142 Å². The van der Waals surface area contributed by atoms with E-state index in [1.807, 2.05) is 35.7 Å². The average Bonchev–Trinajstić information content (AvgIpc) is 3.04. The van der Waals surface area contributed by atoms with Gasteiger partial charge in [0, 0.05) is 10.9 Å². The quantitative estimate of drug-likeness (QED) is 0.570. The van der Waals surface area contributed by atoms with Gasteiger partial charge in [0.25, 0.3) is 0 Å². The topological polar surface area (TPSA) is 54.4 Å². The molecule has 1 amide bonds. The van der Waals surface area contributed by atoms with Crippen molar-refractivity contribution in [2.24, 2.45) is 5.10 Å². The number of benzene rings is 2. The van der Waals surface area contributed by atoms with Gasteiger partial charge >= 0.3 is 0 Å². The fraction of sp³-hybridized carbons (Fsp3) is 0.0556. The Balaban J connectivity index is 1.57. The standard InChI is InChI=1S/C18H14FN3OS/c19-15-8-4-5-13(9-15)11-20-22-17(23)10-18-21-16(12-24-18)14-6-2-1-3-7-14/h1-9,11-12H,10H2,(H,22,23)/b20-11-. The first-order valence-electron chi connectivity index (χ1n) is 7.28. The number of nitrogens with one attached hydrogen (secondary N) is 1. The number of amides is 1. The Kier molecular flexibility index (Phi) is 5.08. The minimum Gasteiger partial charge on any atom is -0.273 e. The van der Waals surface area contributed by atoms with E-state index >= 15 is 0 Å². The van der Waals surface area contributed by atoms with Crippen LogP contribution in [0.2, 0.25) is 0 Å². The van der Waals surface area contributed by atoms with Gasteiger partial charge in [-0.1, -0.05) is 42.5 Å². The summed E-state index contributed by atoms with van der Waals surface area (Å²) in [5.41, 5.74) is 4.87. The number of hydrogen-bond acceptors (Lipinski definition) is 4. The maximum Gasteiger partial charge on any atom is 0.246 e. The van der Waals surface area contributed by atoms with E-state index in [1.165, 1.54) is 29.7 Å². The molecule has 0 saturated carbocycles. The summed E-state index contributed by atoms with van der Waals surface area (Å²) in [6, 6.07) is 15.8. The number of hydrogen-bond donors (Lipinski definition) is 1. The summed E-state index contributed by atoms with van der Waals surface area (Å²) in [6.45, 7) is 0. The van der Waals surface area contributed by atoms with Crippen molar-refractivity contribution in [1.29, 1.82) is 0 Å². The Hall–Kier alpha value is -2.86. The highest BCUT2D eigenvalue weighted by Gasteiger charge is 2.08. The number of rotatable bonds is 5. The summed E-state index contributed by atoms with van der Waals surface area (Å²) in [5.74, 6) is -0.613. The fourth-order valence-corrected chi connectivity index (χ4v) is 2.88. The smallest absolute Gasteiger partial charge is 0.246 e. The highest BCUT2D eigenvalue weighted by molar-refractivity contribution is 7.10. The third-order valence-corrected chi connectivity index (χ3v) is 4.03. The SMILES string of the molecule is O=C(Cc1nc(-c2ccccc2)cs1)N/N=C\c1cccc(F)c1. The van der Waals surface area contributed by atoms with E-state index in [2.05, 4.69) is 15.5 Å². The third-order valence-electron chi connectivity index (χ3n) is 3.18. The largest absolute Gasteiger partial charge is 0.273 e. The second-order valence-electron chi connectivity index (χ2n) is 5.02. The molecular weight excluding hydrogens is 325 g/mol. The van der Waals surface area contributed by atoms with E-state index in [4.69, 9.17) is 0 Å². The Morgan fingerprint density at radius 3 is 2.83 bits per heavy atom. The molecule has 0 aliphatic carbocycles. The van der Waals surface area contributed by atoms with Crippen LogP contribution in [0.5, 0.6) is 0 Å². The number of halogens is 1. The third kappa shape index (κ3) is 4.33. The number of carbonyl (C=O) groups excluding carboxylic acids is 1. The summed E-state index contributed by atoms with van der Waals surface area (Å²) in [6.07, 6.45) is 1.55. The molecule has 0 spiro atoms. The van der Waals surface area contributed by atoms with Crippen molar-refractivity contribution in [3.8, 4) is 11.3 Å². The van der Waals surface area contributed by atoms with Gasteiger partial charge in [0.15, 0.2) is 0 Å². The van der Waals surface area contributed by atoms with Crippen molar-refractivity contribution in [2.75, 3.05) is 0 Å². The molecule has 0 bridgehead atoms. The van der Waals surface area contributed by atoms with Crippen LogP contribution in [-0.4, -0.2) is 17.1 Å². The van der Waals surface area contributed by atoms with Crippen LogP contribution < -0.4 is 5.43 Å². The highest BCUT2D eigenvalue weighted by atomic mass is 32.1. The van der Waals surface area contributed by atoms with E-state index in [9.17, 15) is 9.18 Å². The number of carbonyl (C=O) groups is 1. The fourth-order valence-electron chi connectivity index (χ4n) is 2.08. The molecule has 2 aromatic carbocycles. The van der Waals surface area contributed by atoms with Gasteiger partial charge in [0.2, 0.25) is 5.91 Å². The highest BCUT2D eigenvalue weighted by Crippen LogP contribution is 2.21. The van der Waals surface area contributed by atoms with Gasteiger partial charge in [-0.2, -0.15) is 5.10 Å². The van der Waals surface area contributed by atoms with Gasteiger partial charge in [-0.05, 0) is 17.7 Å². The first kappa shape index (κ1) is 16.0. The molecule has 4 nitrogen and oxygen atoms in total. The second kappa shape index (κ2) is 7.61. The van der Waals surface area contributed by atoms with Crippen LogP contribution in [0, 0.1) is 5.82 Å². The molecule has 6 heteroatoms. The monoisotopic (exact) mass is 339 g/mol. The molecule has 1 N–H and O–H groups in total. The molecular formula is C18H14FN3OS. The van der Waals surface area contributed by atoms with Crippen LogP contribution in [0.4, 0.5) is 4.39 Å². The predicted octanol–water partition coefficient (Wildman–Crippen LogP) is 3.64. The van der Waals surface area contributed by atoms with Gasteiger partial charge < -0.3 is 0 Å². The summed E-state index contributed by atoms with van der Waals surface area (Å²) in [4.78, 5) is 16.3. The Morgan fingerprint density at radius 2 is 2.04 bits per heavy atom. The lowest BCUT2D eigenvalue weighted by Crippen LogP contribution is -2.19. The zero-order chi connectivity index (χ0) is 16.8. The lowest BCUT2D eigenvalue weighted by atomic mass is 10.2. The molecule has 1 aromatic heterocycles. The molecule has 3 aromatic rings. The molecule has 0 fully saturated rings. The second-order valence-corrected chi connectivity index (χ2v) is 5.96. The molecule has 24 heavy (non-hydrogen) atoms. The molecule has 0 radical (unpaired) electrons. The van der Waals surface area contributed by atoms with Crippen molar-refractivity contribution in [1.82, 2.24) is 10.4 Å². The maximum absolute atomic E-state index is 13.0. The van der Waals surface area contributed by atoms with Crippen LogP contribution in [0.25, 0.3) is 11.3 Å². The molecule has 0 aliphatic heterocycles. The van der Waals surface area contributed by atoms with Gasteiger partial charge in [-0.3, -0.25) is 4.79 Å². The van der Waals surface area contributed by atoms with Crippen molar-refractivity contribution >= 4 is 23.5 Å². The van der Waals surface area contributed by atoms with Crippen molar-refractivity contribution in [2.45, 2.75) is 6.42 Å². The Bertz CT molecular complexity index is 861. The van der Waals surface area contributed by atoms with Crippen LogP contribution in [0.3, 0.4) is 0 Å². The van der Waals surface area contributed by atoms with E-state index in [0.29, 0.717) is 10.6 Å². The van der Waals surface area contributed by atoms with Crippen LogP contribution in [0.1, 0.15) is 10.6 Å². The zero-order valence-corrected chi connectivity index (χ0v) is 13.5. The van der Waals surface area contributed by atoms with Gasteiger partial charge in [0.05, 0.1) is 18.3 Å². The number of nitrogens with zero attached hydrogens (tertiary/aromatic N) is 2. The van der Waals surface area contributed by atoms with E-state index in [1.54, 1.807) is 12.1 Å². The number of hydrazone groups is 1. The van der Waals surface area contributed by atoms with Crippen LogP contribution in [-0.2, 0) is 11.2 Å². The maximum atomic E-state index is 13.0. The first-order chi connectivity index (χ1) is 11.7. The van der Waals surface area contributed by atoms with Crippen molar-refractivity contribution in [3.05, 3.63) is 76.4 Å². The van der Waals surface area contributed by atoms with Crippen molar-refractivity contribution < 1.29 is 9.18 Å². The van der Waals surface area contributed by atoms with Gasteiger partial charge in [0.1, 0.15) is 10.8 Å². The minimum atomic E-state index is -0.346. The van der Waals surface area contributed by atoms with E-state index in [-0.39, 0.29) is 18.1 Å². The molecule has 0 aliphatic rings. The molecule has 0 unspecified atom stereocenters. The number of aromatic nitrogens is 1. The molecule has 120 valence electrons. The van der Waals surface area contributed by atoms with Crippen LogP contribution in [0.15, 0.2) is 65.1 Å². The minimum absolute atomic E-state index is 0.151. The molecule has 0 atom stereocenters. The van der Waals surface area contributed by atoms with Gasteiger partial charge in [-0.25, -0.2) is 14.8 Å². The van der Waals surface area contributed by atoms with Crippen molar-refractivity contribution in [3.63, 3.8) is 0 Å². The molecule has 3 rings (SSSR count). The average molecular weight is 339 g/mol. The van der Waals surface area contributed by atoms with E-state index in [0.717, 1.165) is 11.3 Å². The van der Waals surface area contributed by atoms with E-state index < -0.39 is 0 Å². The first-order valence-corrected chi connectivity index (χ1v) is 8.16. The zero-order valence-electron chi connectivity index (χ0n) is 12.6. The number of thiazole rings is 1. The Morgan fingerprint density at radius 1 is 1.21 bits per heavy atom. The summed E-state index contributed by atoms with van der Waals surface area (Å²) >= 11 is 1.43. The molecule has 1 heterocycles. The normalized spacial score (nSPS) is 10.9. The van der Waals surface area contributed by atoms with Crippen LogP contribution >= 0.6 is 11.3 Å². The summed E-state index contributed by atoms with van der Waals surface area (Å²) in [7, 11) is 0. The summed E-state index contributed by atoms with van der Waals surface area (Å²) in [5, 5.41) is 6.47.